The van der Waals surface area contributed by atoms with E-state index in [1.165, 1.54) is 12.3 Å². The molecule has 0 atom stereocenters. The Morgan fingerprint density at radius 3 is 2.48 bits per heavy atom. The van der Waals surface area contributed by atoms with E-state index in [-0.39, 0.29) is 0 Å². The summed E-state index contributed by atoms with van der Waals surface area (Å²) in [4.78, 5) is 11.1. The molecule has 0 fully saturated rings. The zero-order chi connectivity index (χ0) is 15.5. The molecule has 1 aromatic rings. The van der Waals surface area contributed by atoms with E-state index in [9.17, 15) is 4.79 Å². The van der Waals surface area contributed by atoms with Crippen LogP contribution in [0.15, 0.2) is 24.3 Å². The van der Waals surface area contributed by atoms with E-state index in [4.69, 9.17) is 14.7 Å². The number of hydrogen-bond acceptors (Lipinski definition) is 5. The summed E-state index contributed by atoms with van der Waals surface area (Å²) in [5, 5.41) is 8.23. The Morgan fingerprint density at radius 2 is 1.86 bits per heavy atom. The number of rotatable bonds is 8. The predicted molar refractivity (Wildman–Crippen MR) is 78.8 cm³/mol. The van der Waals surface area contributed by atoms with Gasteiger partial charge in [-0.2, -0.15) is 0 Å². The molecule has 0 radical (unpaired) electrons. The molecule has 1 aromatic carbocycles. The Bertz CT molecular complexity index is 532. The van der Waals surface area contributed by atoms with Gasteiger partial charge >= 0.3 is 5.97 Å². The molecule has 5 nitrogen and oxygen atoms in total. The number of carbonyl (C=O) groups excluding carboxylic acids is 1. The number of esters is 1. The maximum atomic E-state index is 11.1. The predicted octanol–water partition coefficient (Wildman–Crippen LogP) is 3.30. The van der Waals surface area contributed by atoms with Gasteiger partial charge in [0.15, 0.2) is 11.5 Å². The highest BCUT2D eigenvalue weighted by Crippen LogP contribution is 2.29. The molecule has 0 N–H and O–H groups in total. The largest absolute Gasteiger partial charge is 0.490 e. The third-order valence-corrected chi connectivity index (χ3v) is 2.45. The molecule has 0 aromatic heterocycles. The molecule has 0 heterocycles. The summed E-state index contributed by atoms with van der Waals surface area (Å²) in [5.41, 5.74) is 0.764. The molecule has 0 aliphatic rings. The second-order valence-corrected chi connectivity index (χ2v) is 4.25. The Kier molecular flexibility index (Phi) is 7.44. The van der Waals surface area contributed by atoms with Gasteiger partial charge in [-0.15, -0.1) is 5.26 Å². The van der Waals surface area contributed by atoms with E-state index >= 15 is 0 Å². The lowest BCUT2D eigenvalue weighted by atomic mass is 10.2. The molecular formula is C16H19NO4. The molecule has 0 aliphatic carbocycles. The summed E-state index contributed by atoms with van der Waals surface area (Å²) in [6, 6.07) is 5.40. The molecule has 5 heteroatoms. The molecule has 0 saturated carbocycles. The van der Waals surface area contributed by atoms with Crippen molar-refractivity contribution in [3.05, 3.63) is 29.8 Å². The van der Waals surface area contributed by atoms with Gasteiger partial charge in [0, 0.05) is 6.08 Å². The number of hydrogen-bond donors (Lipinski definition) is 0. The molecule has 1 rings (SSSR count). The summed E-state index contributed by atoms with van der Waals surface area (Å²) in [7, 11) is 0. The number of ether oxygens (including phenoxy) is 3. The monoisotopic (exact) mass is 289 g/mol. The first-order chi connectivity index (χ1) is 10.2. The molecular weight excluding hydrogens is 270 g/mol. The lowest BCUT2D eigenvalue weighted by Crippen LogP contribution is -2.01. The van der Waals surface area contributed by atoms with E-state index in [2.05, 4.69) is 4.74 Å². The van der Waals surface area contributed by atoms with Gasteiger partial charge in [-0.1, -0.05) is 19.9 Å². The van der Waals surface area contributed by atoms with Crippen LogP contribution in [0, 0.1) is 11.5 Å². The Balaban J connectivity index is 2.87. The van der Waals surface area contributed by atoms with Gasteiger partial charge in [-0.05, 0) is 36.6 Å². The quantitative estimate of drug-likeness (QED) is 0.417. The number of benzene rings is 1. The van der Waals surface area contributed by atoms with Gasteiger partial charge in [-0.25, -0.2) is 4.79 Å². The fourth-order valence-electron chi connectivity index (χ4n) is 1.53. The van der Waals surface area contributed by atoms with Crippen molar-refractivity contribution in [2.24, 2.45) is 0 Å². The normalized spacial score (nSPS) is 10.1. The van der Waals surface area contributed by atoms with Crippen molar-refractivity contribution in [1.29, 1.82) is 5.26 Å². The molecule has 0 spiro atoms. The van der Waals surface area contributed by atoms with Crippen LogP contribution in [0.5, 0.6) is 11.5 Å². The van der Waals surface area contributed by atoms with E-state index in [0.717, 1.165) is 18.4 Å². The van der Waals surface area contributed by atoms with E-state index in [1.54, 1.807) is 24.3 Å². The summed E-state index contributed by atoms with van der Waals surface area (Å²) in [5.74, 6) is 0.614. The van der Waals surface area contributed by atoms with Crippen molar-refractivity contribution in [3.8, 4) is 17.8 Å². The Hall–Kier alpha value is -2.48. The van der Waals surface area contributed by atoms with E-state index in [1.807, 2.05) is 13.8 Å². The molecule has 0 amide bonds. The third kappa shape index (κ3) is 6.00. The molecule has 112 valence electrons. The maximum absolute atomic E-state index is 11.1. The summed E-state index contributed by atoms with van der Waals surface area (Å²) < 4.78 is 15.4. The number of carbonyl (C=O) groups is 1. The molecule has 0 saturated heterocycles. The molecule has 0 aliphatic heterocycles. The van der Waals surface area contributed by atoms with Crippen LogP contribution < -0.4 is 9.47 Å². The zero-order valence-electron chi connectivity index (χ0n) is 12.3. The van der Waals surface area contributed by atoms with E-state index in [0.29, 0.717) is 24.7 Å². The van der Waals surface area contributed by atoms with Crippen molar-refractivity contribution < 1.29 is 19.0 Å². The topological polar surface area (TPSA) is 68.5 Å². The second kappa shape index (κ2) is 9.43. The smallest absolute Gasteiger partial charge is 0.346 e. The lowest BCUT2D eigenvalue weighted by molar-refractivity contribution is -0.131. The first kappa shape index (κ1) is 16.6. The van der Waals surface area contributed by atoms with Crippen LogP contribution in [0.4, 0.5) is 0 Å². The maximum Gasteiger partial charge on any atom is 0.346 e. The van der Waals surface area contributed by atoms with Gasteiger partial charge in [0.25, 0.3) is 6.26 Å². The fourth-order valence-corrected chi connectivity index (χ4v) is 1.53. The van der Waals surface area contributed by atoms with Crippen LogP contribution >= 0.6 is 0 Å². The minimum absolute atomic E-state index is 0.589. The number of nitrogens with zero attached hydrogens (tertiary/aromatic N) is 1. The zero-order valence-corrected chi connectivity index (χ0v) is 12.3. The summed E-state index contributed by atoms with van der Waals surface area (Å²) in [6.45, 7) is 5.26. The third-order valence-electron chi connectivity index (χ3n) is 2.45. The lowest BCUT2D eigenvalue weighted by Gasteiger charge is -2.12. The highest BCUT2D eigenvalue weighted by atomic mass is 16.5. The standard InChI is InChI=1S/C16H19NO4/c1-3-9-19-14-7-5-13(6-8-16(18)21-12-17)11-15(14)20-10-4-2/h5-8,11H,3-4,9-10H2,1-2H3. The molecule has 21 heavy (non-hydrogen) atoms. The van der Waals surface area contributed by atoms with Gasteiger partial charge in [0.2, 0.25) is 0 Å². The van der Waals surface area contributed by atoms with Crippen LogP contribution in [-0.2, 0) is 9.53 Å². The van der Waals surface area contributed by atoms with E-state index < -0.39 is 5.97 Å². The SMILES string of the molecule is CCCOc1ccc(C=CC(=O)OC#N)cc1OCCC. The van der Waals surface area contributed by atoms with Crippen LogP contribution in [0.1, 0.15) is 32.3 Å². The summed E-state index contributed by atoms with van der Waals surface area (Å²) in [6.07, 6.45) is 5.88. The van der Waals surface area contributed by atoms with Gasteiger partial charge in [-0.3, -0.25) is 0 Å². The first-order valence-corrected chi connectivity index (χ1v) is 6.88. The van der Waals surface area contributed by atoms with Gasteiger partial charge in [0.1, 0.15) is 0 Å². The van der Waals surface area contributed by atoms with Crippen LogP contribution in [0.25, 0.3) is 6.08 Å². The Morgan fingerprint density at radius 1 is 1.19 bits per heavy atom. The van der Waals surface area contributed by atoms with Crippen molar-refractivity contribution in [2.45, 2.75) is 26.7 Å². The van der Waals surface area contributed by atoms with Crippen molar-refractivity contribution in [3.63, 3.8) is 0 Å². The summed E-state index contributed by atoms with van der Waals surface area (Å²) >= 11 is 0. The fraction of sp³-hybridized carbons (Fsp3) is 0.375. The van der Waals surface area contributed by atoms with Gasteiger partial charge in [0.05, 0.1) is 13.2 Å². The van der Waals surface area contributed by atoms with Crippen molar-refractivity contribution in [1.82, 2.24) is 0 Å². The van der Waals surface area contributed by atoms with Crippen LogP contribution in [0.3, 0.4) is 0 Å². The first-order valence-electron chi connectivity index (χ1n) is 6.88. The Labute approximate surface area is 124 Å². The number of nitriles is 1. The second-order valence-electron chi connectivity index (χ2n) is 4.25. The van der Waals surface area contributed by atoms with Crippen molar-refractivity contribution in [2.75, 3.05) is 13.2 Å². The minimum atomic E-state index is -0.708. The molecule has 0 unspecified atom stereocenters. The highest BCUT2D eigenvalue weighted by Gasteiger charge is 2.06. The van der Waals surface area contributed by atoms with Crippen LogP contribution in [-0.4, -0.2) is 19.2 Å². The highest BCUT2D eigenvalue weighted by molar-refractivity contribution is 5.87. The molecule has 0 bridgehead atoms. The van der Waals surface area contributed by atoms with Gasteiger partial charge < -0.3 is 14.2 Å². The van der Waals surface area contributed by atoms with Crippen LogP contribution in [0.2, 0.25) is 0 Å². The van der Waals surface area contributed by atoms with Crippen molar-refractivity contribution >= 4 is 12.0 Å². The minimum Gasteiger partial charge on any atom is -0.490 e. The average Bonchev–Trinajstić information content (AvgIpc) is 2.50. The average molecular weight is 289 g/mol.